The number of pyridine rings is 1. The van der Waals surface area contributed by atoms with E-state index < -0.39 is 0 Å². The van der Waals surface area contributed by atoms with Gasteiger partial charge in [-0.15, -0.1) is 0 Å². The van der Waals surface area contributed by atoms with Crippen LogP contribution in [0.15, 0.2) is 114 Å². The van der Waals surface area contributed by atoms with Crippen LogP contribution in [-0.2, 0) is 5.41 Å². The minimum atomic E-state index is -0.147. The first-order chi connectivity index (χ1) is 18.5. The molecule has 0 bridgehead atoms. The first kappa shape index (κ1) is 22.5. The van der Waals surface area contributed by atoms with Crippen molar-refractivity contribution < 1.29 is 4.42 Å². The van der Waals surface area contributed by atoms with Crippen LogP contribution in [0.2, 0.25) is 0 Å². The molecular weight excluding hydrogens is 466 g/mol. The number of hydrogen-bond acceptors (Lipinski definition) is 3. The van der Waals surface area contributed by atoms with E-state index in [1.54, 1.807) is 0 Å². The fraction of sp³-hybridized carbons (Fsp3) is 0.118. The van der Waals surface area contributed by atoms with E-state index in [1.807, 2.05) is 18.3 Å². The summed E-state index contributed by atoms with van der Waals surface area (Å²) < 4.78 is 8.84. The van der Waals surface area contributed by atoms with Crippen LogP contribution in [0.4, 0.5) is 0 Å². The Balaban J connectivity index is 1.52. The van der Waals surface area contributed by atoms with E-state index in [0.29, 0.717) is 0 Å². The highest BCUT2D eigenvalue weighted by molar-refractivity contribution is 6.10. The van der Waals surface area contributed by atoms with Crippen molar-refractivity contribution in [3.05, 3.63) is 115 Å². The van der Waals surface area contributed by atoms with Gasteiger partial charge in [0.15, 0.2) is 0 Å². The second kappa shape index (κ2) is 8.42. The third-order valence-electron chi connectivity index (χ3n) is 7.15. The normalized spacial score (nSPS) is 12.1. The summed E-state index contributed by atoms with van der Waals surface area (Å²) in [6, 6.07) is 35.6. The van der Waals surface area contributed by atoms with Crippen LogP contribution in [0, 0.1) is 0 Å². The molecule has 0 atom stereocenters. The van der Waals surface area contributed by atoms with Crippen molar-refractivity contribution in [2.45, 2.75) is 26.2 Å². The van der Waals surface area contributed by atoms with Crippen molar-refractivity contribution in [2.75, 3.05) is 0 Å². The molecule has 7 rings (SSSR count). The molecule has 0 aliphatic rings. The Kier molecular flexibility index (Phi) is 4.98. The molecular formula is C34H27N3O. The number of benzene rings is 4. The number of furan rings is 1. The van der Waals surface area contributed by atoms with E-state index in [2.05, 4.69) is 116 Å². The van der Waals surface area contributed by atoms with Crippen molar-refractivity contribution in [3.8, 4) is 28.2 Å². The Bertz CT molecular complexity index is 1940. The van der Waals surface area contributed by atoms with Gasteiger partial charge < -0.3 is 4.42 Å². The Morgan fingerprint density at radius 1 is 0.711 bits per heavy atom. The van der Waals surface area contributed by atoms with Crippen LogP contribution in [0.1, 0.15) is 26.5 Å². The maximum absolute atomic E-state index is 6.62. The molecule has 4 aromatic carbocycles. The molecule has 0 radical (unpaired) electrons. The third-order valence-corrected chi connectivity index (χ3v) is 7.15. The summed E-state index contributed by atoms with van der Waals surface area (Å²) in [6.07, 6.45) is 1.89. The predicted octanol–water partition coefficient (Wildman–Crippen LogP) is 8.95. The molecule has 3 aromatic heterocycles. The monoisotopic (exact) mass is 493 g/mol. The van der Waals surface area contributed by atoms with Crippen LogP contribution >= 0.6 is 0 Å². The van der Waals surface area contributed by atoms with Gasteiger partial charge in [-0.2, -0.15) is 0 Å². The molecule has 0 aliphatic heterocycles. The maximum atomic E-state index is 6.62. The fourth-order valence-corrected chi connectivity index (χ4v) is 5.36. The summed E-state index contributed by atoms with van der Waals surface area (Å²) in [5.74, 6) is 0.845. The molecule has 0 saturated carbocycles. The molecule has 0 amide bonds. The van der Waals surface area contributed by atoms with Gasteiger partial charge in [-0.25, -0.2) is 4.98 Å². The molecule has 0 aliphatic carbocycles. The van der Waals surface area contributed by atoms with Gasteiger partial charge in [-0.3, -0.25) is 9.55 Å². The van der Waals surface area contributed by atoms with Crippen LogP contribution in [0.25, 0.3) is 61.2 Å². The van der Waals surface area contributed by atoms with Crippen molar-refractivity contribution >= 4 is 33.0 Å². The quantitative estimate of drug-likeness (QED) is 0.247. The van der Waals surface area contributed by atoms with Gasteiger partial charge in [0.25, 0.3) is 0 Å². The summed E-state index contributed by atoms with van der Waals surface area (Å²) in [4.78, 5) is 10.0. The van der Waals surface area contributed by atoms with E-state index in [-0.39, 0.29) is 5.41 Å². The lowest BCUT2D eigenvalue weighted by molar-refractivity contribution is 0.574. The highest BCUT2D eigenvalue weighted by Crippen LogP contribution is 2.40. The predicted molar refractivity (Wildman–Crippen MR) is 156 cm³/mol. The first-order valence-corrected chi connectivity index (χ1v) is 12.9. The van der Waals surface area contributed by atoms with Gasteiger partial charge in [0.1, 0.15) is 22.5 Å². The molecule has 0 spiro atoms. The number of para-hydroxylation sites is 2. The summed E-state index contributed by atoms with van der Waals surface area (Å²) in [6.45, 7) is 6.54. The van der Waals surface area contributed by atoms with Gasteiger partial charge in [-0.05, 0) is 47.5 Å². The van der Waals surface area contributed by atoms with Crippen molar-refractivity contribution in [1.82, 2.24) is 14.5 Å². The smallest absolute Gasteiger partial charge is 0.149 e. The van der Waals surface area contributed by atoms with Crippen LogP contribution in [0.3, 0.4) is 0 Å². The van der Waals surface area contributed by atoms with Crippen LogP contribution < -0.4 is 0 Å². The molecule has 38 heavy (non-hydrogen) atoms. The van der Waals surface area contributed by atoms with E-state index in [0.717, 1.165) is 61.3 Å². The molecule has 0 saturated heterocycles. The molecule has 0 fully saturated rings. The lowest BCUT2D eigenvalue weighted by Crippen LogP contribution is -2.14. The van der Waals surface area contributed by atoms with E-state index in [9.17, 15) is 0 Å². The summed E-state index contributed by atoms with van der Waals surface area (Å²) in [5, 5.41) is 2.18. The lowest BCUT2D eigenvalue weighted by Gasteiger charge is -2.17. The molecule has 7 aromatic rings. The highest BCUT2D eigenvalue weighted by atomic mass is 16.3. The van der Waals surface area contributed by atoms with Crippen molar-refractivity contribution in [1.29, 1.82) is 0 Å². The number of rotatable bonds is 3. The minimum Gasteiger partial charge on any atom is -0.455 e. The molecule has 184 valence electrons. The number of aromatic nitrogens is 3. The topological polar surface area (TPSA) is 43.9 Å². The Morgan fingerprint density at radius 2 is 1.47 bits per heavy atom. The highest BCUT2D eigenvalue weighted by Gasteiger charge is 2.25. The van der Waals surface area contributed by atoms with Crippen molar-refractivity contribution in [2.24, 2.45) is 0 Å². The largest absolute Gasteiger partial charge is 0.455 e. The number of hydrogen-bond donors (Lipinski definition) is 0. The van der Waals surface area contributed by atoms with Gasteiger partial charge in [0.2, 0.25) is 0 Å². The maximum Gasteiger partial charge on any atom is 0.149 e. The molecule has 0 N–H and O–H groups in total. The number of imidazole rings is 1. The second-order valence-electron chi connectivity index (χ2n) is 10.7. The fourth-order valence-electron chi connectivity index (χ4n) is 5.36. The Labute approximate surface area is 221 Å². The SMILES string of the molecule is CC(C)(C)c1nccc2c1nc(-c1cccc3c1oc1cc(-c4ccccc4)ccc13)n2-c1ccccc1. The average Bonchev–Trinajstić information content (AvgIpc) is 3.51. The van der Waals surface area contributed by atoms with E-state index in [4.69, 9.17) is 14.4 Å². The average molecular weight is 494 g/mol. The van der Waals surface area contributed by atoms with Crippen LogP contribution in [0.5, 0.6) is 0 Å². The summed E-state index contributed by atoms with van der Waals surface area (Å²) in [5.41, 5.74) is 8.80. The summed E-state index contributed by atoms with van der Waals surface area (Å²) in [7, 11) is 0. The Hall–Kier alpha value is -4.70. The summed E-state index contributed by atoms with van der Waals surface area (Å²) >= 11 is 0. The van der Waals surface area contributed by atoms with Gasteiger partial charge in [0, 0.05) is 28.1 Å². The zero-order chi connectivity index (χ0) is 25.9. The Morgan fingerprint density at radius 3 is 2.24 bits per heavy atom. The molecule has 4 nitrogen and oxygen atoms in total. The lowest BCUT2D eigenvalue weighted by atomic mass is 9.91. The van der Waals surface area contributed by atoms with Crippen LogP contribution in [-0.4, -0.2) is 14.5 Å². The second-order valence-corrected chi connectivity index (χ2v) is 10.7. The standard InChI is InChI=1S/C34H27N3O/c1-34(2,3)32-30-28(19-20-35-32)37(24-13-8-5-9-14-24)33(36-30)27-16-10-15-26-25-18-17-23(21-29(25)38-31(26)27)22-11-6-4-7-12-22/h4-21H,1-3H3. The van der Waals surface area contributed by atoms with Gasteiger partial charge in [0.05, 0.1) is 16.8 Å². The zero-order valence-corrected chi connectivity index (χ0v) is 21.6. The molecule has 4 heteroatoms. The van der Waals surface area contributed by atoms with Gasteiger partial charge in [-0.1, -0.05) is 87.5 Å². The van der Waals surface area contributed by atoms with Crippen molar-refractivity contribution in [3.63, 3.8) is 0 Å². The van der Waals surface area contributed by atoms with E-state index in [1.165, 1.54) is 5.56 Å². The van der Waals surface area contributed by atoms with E-state index >= 15 is 0 Å². The first-order valence-electron chi connectivity index (χ1n) is 12.9. The zero-order valence-electron chi connectivity index (χ0n) is 21.6. The third kappa shape index (κ3) is 3.52. The molecule has 0 unspecified atom stereocenters. The minimum absolute atomic E-state index is 0.147. The number of nitrogens with zero attached hydrogens (tertiary/aromatic N) is 3. The van der Waals surface area contributed by atoms with Gasteiger partial charge >= 0.3 is 0 Å². The number of fused-ring (bicyclic) bond motifs is 4. The molecule has 3 heterocycles.